The van der Waals surface area contributed by atoms with Crippen LogP contribution in [0, 0.1) is 13.8 Å². The van der Waals surface area contributed by atoms with Crippen molar-refractivity contribution >= 4 is 35.0 Å². The second-order valence-corrected chi connectivity index (χ2v) is 6.38. The van der Waals surface area contributed by atoms with E-state index in [2.05, 4.69) is 24.4 Å². The highest BCUT2D eigenvalue weighted by molar-refractivity contribution is 7.80. The topological polar surface area (TPSA) is 32.3 Å². The molecule has 1 fully saturated rings. The number of nitrogens with zero attached hydrogens (tertiary/aromatic N) is 1. The van der Waals surface area contributed by atoms with E-state index in [1.165, 1.54) is 11.1 Å². The summed E-state index contributed by atoms with van der Waals surface area (Å²) in [5.74, 6) is -0.122. The van der Waals surface area contributed by atoms with E-state index in [0.29, 0.717) is 10.8 Å². The summed E-state index contributed by atoms with van der Waals surface area (Å²) in [7, 11) is 0. The molecule has 1 aliphatic rings. The van der Waals surface area contributed by atoms with Gasteiger partial charge in [0, 0.05) is 0 Å². The lowest BCUT2D eigenvalue weighted by Gasteiger charge is -2.15. The highest BCUT2D eigenvalue weighted by Gasteiger charge is 2.32. The van der Waals surface area contributed by atoms with Gasteiger partial charge in [-0.2, -0.15) is 0 Å². The average molecular weight is 336 g/mol. The van der Waals surface area contributed by atoms with Gasteiger partial charge >= 0.3 is 0 Å². The molecule has 2 aromatic rings. The van der Waals surface area contributed by atoms with E-state index in [9.17, 15) is 4.79 Å². The molecule has 1 N–H and O–H groups in total. The Hall–Kier alpha value is -2.46. The number of carbonyl (C=O) groups is 1. The van der Waals surface area contributed by atoms with E-state index in [-0.39, 0.29) is 5.91 Å². The molecule has 0 saturated carbocycles. The van der Waals surface area contributed by atoms with E-state index >= 15 is 0 Å². The average Bonchev–Trinajstić information content (AvgIpc) is 2.85. The molecule has 1 heterocycles. The van der Waals surface area contributed by atoms with Gasteiger partial charge in [0.1, 0.15) is 5.70 Å². The van der Waals surface area contributed by atoms with Gasteiger partial charge in [0.2, 0.25) is 0 Å². The summed E-state index contributed by atoms with van der Waals surface area (Å²) in [6.07, 6.45) is 2.84. The molecule has 0 aliphatic carbocycles. The summed E-state index contributed by atoms with van der Waals surface area (Å²) in [4.78, 5) is 14.3. The Morgan fingerprint density at radius 2 is 1.79 bits per heavy atom. The zero-order valence-corrected chi connectivity index (χ0v) is 14.9. The smallest absolute Gasteiger partial charge is 0.281 e. The van der Waals surface area contributed by atoms with Gasteiger partial charge in [-0.15, -0.1) is 0 Å². The number of rotatable bonds is 3. The lowest BCUT2D eigenvalue weighted by Crippen LogP contribution is -2.30. The fourth-order valence-corrected chi connectivity index (χ4v) is 2.95. The molecule has 3 nitrogen and oxygen atoms in total. The van der Waals surface area contributed by atoms with Gasteiger partial charge in [-0.05, 0) is 72.9 Å². The number of hydrogen-bond donors (Lipinski definition) is 1. The van der Waals surface area contributed by atoms with Crippen LogP contribution in [0.15, 0.2) is 48.2 Å². The molecule has 0 atom stereocenters. The second kappa shape index (κ2) is 6.57. The number of aryl methyl sites for hydroxylation is 3. The van der Waals surface area contributed by atoms with Gasteiger partial charge in [0.25, 0.3) is 5.91 Å². The molecule has 0 unspecified atom stereocenters. The molecule has 122 valence electrons. The molecule has 1 amide bonds. The van der Waals surface area contributed by atoms with Crippen LogP contribution in [0.25, 0.3) is 6.08 Å². The molecule has 1 saturated heterocycles. The third-order valence-electron chi connectivity index (χ3n) is 4.33. The van der Waals surface area contributed by atoms with Gasteiger partial charge in [0.15, 0.2) is 5.11 Å². The number of anilines is 1. The maximum absolute atomic E-state index is 12.7. The van der Waals surface area contributed by atoms with Gasteiger partial charge in [-0.25, -0.2) is 0 Å². The largest absolute Gasteiger partial charge is 0.327 e. The standard InChI is InChI=1S/C20H20N2OS/c1-4-15-6-8-16(9-7-15)12-18-19(23)22(20(24)21-18)17-10-5-13(2)14(3)11-17/h5-12H,4H2,1-3H3,(H,21,24)/b18-12-. The maximum atomic E-state index is 12.7. The fourth-order valence-electron chi connectivity index (χ4n) is 2.65. The molecular formula is C20H20N2OS. The molecule has 4 heteroatoms. The summed E-state index contributed by atoms with van der Waals surface area (Å²) in [5, 5.41) is 3.45. The van der Waals surface area contributed by atoms with Crippen molar-refractivity contribution in [3.8, 4) is 0 Å². The Labute approximate surface area is 148 Å². The Kier molecular flexibility index (Phi) is 4.49. The van der Waals surface area contributed by atoms with Crippen molar-refractivity contribution in [3.63, 3.8) is 0 Å². The second-order valence-electron chi connectivity index (χ2n) is 5.99. The van der Waals surface area contributed by atoms with Crippen LogP contribution in [0.4, 0.5) is 5.69 Å². The van der Waals surface area contributed by atoms with Crippen molar-refractivity contribution in [1.82, 2.24) is 5.32 Å². The Morgan fingerprint density at radius 1 is 1.08 bits per heavy atom. The molecule has 0 aromatic heterocycles. The van der Waals surface area contributed by atoms with Crippen LogP contribution in [0.3, 0.4) is 0 Å². The number of nitrogens with one attached hydrogen (secondary N) is 1. The predicted octanol–water partition coefficient (Wildman–Crippen LogP) is 4.13. The first-order chi connectivity index (χ1) is 11.5. The van der Waals surface area contributed by atoms with E-state index in [1.54, 1.807) is 4.90 Å². The highest BCUT2D eigenvalue weighted by atomic mass is 32.1. The van der Waals surface area contributed by atoms with E-state index in [1.807, 2.05) is 50.3 Å². The van der Waals surface area contributed by atoms with E-state index in [0.717, 1.165) is 23.2 Å². The number of benzene rings is 2. The van der Waals surface area contributed by atoms with Crippen molar-refractivity contribution < 1.29 is 4.79 Å². The monoisotopic (exact) mass is 336 g/mol. The van der Waals surface area contributed by atoms with Crippen LogP contribution >= 0.6 is 12.2 Å². The maximum Gasteiger partial charge on any atom is 0.281 e. The zero-order valence-electron chi connectivity index (χ0n) is 14.1. The lowest BCUT2D eigenvalue weighted by molar-refractivity contribution is -0.113. The van der Waals surface area contributed by atoms with Crippen LogP contribution < -0.4 is 10.2 Å². The first-order valence-corrected chi connectivity index (χ1v) is 8.43. The van der Waals surface area contributed by atoms with Crippen LogP contribution in [0.5, 0.6) is 0 Å². The Bertz CT molecular complexity index is 837. The molecule has 0 spiro atoms. The van der Waals surface area contributed by atoms with Crippen LogP contribution in [0.1, 0.15) is 29.2 Å². The number of amides is 1. The molecule has 24 heavy (non-hydrogen) atoms. The summed E-state index contributed by atoms with van der Waals surface area (Å²) < 4.78 is 0. The van der Waals surface area contributed by atoms with Crippen molar-refractivity contribution in [2.45, 2.75) is 27.2 Å². The number of carbonyl (C=O) groups excluding carboxylic acids is 1. The number of hydrogen-bond acceptors (Lipinski definition) is 2. The summed E-state index contributed by atoms with van der Waals surface area (Å²) in [6, 6.07) is 14.1. The van der Waals surface area contributed by atoms with Crippen LogP contribution in [-0.4, -0.2) is 11.0 Å². The van der Waals surface area contributed by atoms with E-state index < -0.39 is 0 Å². The minimum Gasteiger partial charge on any atom is -0.327 e. The van der Waals surface area contributed by atoms with E-state index in [4.69, 9.17) is 12.2 Å². The van der Waals surface area contributed by atoms with Crippen molar-refractivity contribution in [2.75, 3.05) is 4.90 Å². The van der Waals surface area contributed by atoms with Crippen molar-refractivity contribution in [2.24, 2.45) is 0 Å². The summed E-state index contributed by atoms with van der Waals surface area (Å²) >= 11 is 5.36. The Morgan fingerprint density at radius 3 is 2.42 bits per heavy atom. The molecular weight excluding hydrogens is 316 g/mol. The summed E-state index contributed by atoms with van der Waals surface area (Å²) in [6.45, 7) is 6.20. The minimum absolute atomic E-state index is 0.122. The van der Waals surface area contributed by atoms with Gasteiger partial charge in [0.05, 0.1) is 5.69 Å². The Balaban J connectivity index is 1.90. The fraction of sp³-hybridized carbons (Fsp3) is 0.200. The molecule has 0 bridgehead atoms. The molecule has 3 rings (SSSR count). The lowest BCUT2D eigenvalue weighted by atomic mass is 10.1. The van der Waals surface area contributed by atoms with Crippen molar-refractivity contribution in [1.29, 1.82) is 0 Å². The molecule has 2 aromatic carbocycles. The van der Waals surface area contributed by atoms with Gasteiger partial charge in [-0.3, -0.25) is 9.69 Å². The first-order valence-electron chi connectivity index (χ1n) is 8.03. The predicted molar refractivity (Wildman–Crippen MR) is 103 cm³/mol. The molecule has 1 aliphatic heterocycles. The van der Waals surface area contributed by atoms with Crippen LogP contribution in [0.2, 0.25) is 0 Å². The normalized spacial score (nSPS) is 16.0. The van der Waals surface area contributed by atoms with Gasteiger partial charge < -0.3 is 5.32 Å². The van der Waals surface area contributed by atoms with Crippen LogP contribution in [-0.2, 0) is 11.2 Å². The third-order valence-corrected chi connectivity index (χ3v) is 4.61. The van der Waals surface area contributed by atoms with Crippen molar-refractivity contribution in [3.05, 3.63) is 70.4 Å². The highest BCUT2D eigenvalue weighted by Crippen LogP contribution is 2.24. The SMILES string of the molecule is CCc1ccc(/C=C2\NC(=S)N(c3ccc(C)c(C)c3)C2=O)cc1. The quantitative estimate of drug-likeness (QED) is 0.676. The first kappa shape index (κ1) is 16.4. The number of thiocarbonyl (C=S) groups is 1. The zero-order chi connectivity index (χ0) is 17.3. The summed E-state index contributed by atoms with van der Waals surface area (Å²) in [5.41, 5.74) is 5.88. The van der Waals surface area contributed by atoms with Gasteiger partial charge in [-0.1, -0.05) is 37.3 Å². The third kappa shape index (κ3) is 3.10. The minimum atomic E-state index is -0.122. The molecule has 0 radical (unpaired) electrons.